The molecule has 2 saturated heterocycles. The fraction of sp³-hybridized carbons (Fsp3) is 0.842. The van der Waals surface area contributed by atoms with Crippen molar-refractivity contribution in [3.63, 3.8) is 0 Å². The van der Waals surface area contributed by atoms with Gasteiger partial charge in [0.05, 0.1) is 6.54 Å². The van der Waals surface area contributed by atoms with E-state index in [1.165, 1.54) is 6.42 Å². The van der Waals surface area contributed by atoms with Gasteiger partial charge in [-0.1, -0.05) is 0 Å². The number of hydrogen-bond donors (Lipinski definition) is 1. The molecule has 8 nitrogen and oxygen atoms in total. The number of likely N-dealkylation sites (tertiary alicyclic amines) is 1. The molecule has 0 aromatic carbocycles. The highest BCUT2D eigenvalue weighted by atomic mass is 19.4. The third kappa shape index (κ3) is 8.00. The van der Waals surface area contributed by atoms with E-state index in [-0.39, 0.29) is 12.5 Å². The number of rotatable bonds is 6. The third-order valence-electron chi connectivity index (χ3n) is 5.28. The first-order valence-corrected chi connectivity index (χ1v) is 10.5. The van der Waals surface area contributed by atoms with Crippen LogP contribution in [0.4, 0.5) is 13.2 Å². The van der Waals surface area contributed by atoms with E-state index in [0.29, 0.717) is 50.1 Å². The fourth-order valence-corrected chi connectivity index (χ4v) is 3.60. The summed E-state index contributed by atoms with van der Waals surface area (Å²) >= 11 is 0. The van der Waals surface area contributed by atoms with Gasteiger partial charge in [-0.05, 0) is 26.2 Å². The number of carbonyl (C=O) groups is 2. The summed E-state index contributed by atoms with van der Waals surface area (Å²) in [6, 6.07) is 0. The smallest absolute Gasteiger partial charge is 0.357 e. The SMILES string of the molecule is CCNC(=NCC(=O)N(C)CC(F)(F)F)N1CCN(CC(=O)N2CCCCC2)CC1. The molecule has 1 N–H and O–H groups in total. The number of guanidine groups is 1. The van der Waals surface area contributed by atoms with E-state index in [1.807, 2.05) is 16.7 Å². The molecule has 2 aliphatic rings. The van der Waals surface area contributed by atoms with Gasteiger partial charge in [-0.25, -0.2) is 4.99 Å². The number of halogens is 3. The van der Waals surface area contributed by atoms with Crippen LogP contribution in [0, 0.1) is 0 Å². The van der Waals surface area contributed by atoms with E-state index in [4.69, 9.17) is 0 Å². The van der Waals surface area contributed by atoms with Gasteiger partial charge in [0, 0.05) is 52.9 Å². The van der Waals surface area contributed by atoms with E-state index < -0.39 is 18.6 Å². The average Bonchev–Trinajstić information content (AvgIpc) is 2.71. The Morgan fingerprint density at radius 3 is 2.20 bits per heavy atom. The van der Waals surface area contributed by atoms with Crippen LogP contribution < -0.4 is 5.32 Å². The number of hydrogen-bond acceptors (Lipinski definition) is 4. The Hall–Kier alpha value is -2.04. The van der Waals surface area contributed by atoms with Crippen LogP contribution in [0.15, 0.2) is 4.99 Å². The summed E-state index contributed by atoms with van der Waals surface area (Å²) in [5, 5.41) is 3.09. The summed E-state index contributed by atoms with van der Waals surface area (Å²) in [5.74, 6) is -0.0104. The van der Waals surface area contributed by atoms with E-state index in [9.17, 15) is 22.8 Å². The number of aliphatic imine (C=N–C) groups is 1. The van der Waals surface area contributed by atoms with Gasteiger partial charge in [0.1, 0.15) is 13.1 Å². The monoisotopic (exact) mass is 434 g/mol. The first-order chi connectivity index (χ1) is 14.2. The molecule has 0 atom stereocenters. The molecular formula is C19H33F3N6O2. The van der Waals surface area contributed by atoms with Crippen molar-refractivity contribution in [1.82, 2.24) is 24.9 Å². The minimum absolute atomic E-state index is 0.169. The molecule has 2 rings (SSSR count). The summed E-state index contributed by atoms with van der Waals surface area (Å²) in [7, 11) is 1.12. The van der Waals surface area contributed by atoms with Crippen molar-refractivity contribution in [1.29, 1.82) is 0 Å². The number of piperidine rings is 1. The summed E-state index contributed by atoms with van der Waals surface area (Å²) in [6.07, 6.45) is -1.11. The molecular weight excluding hydrogens is 401 g/mol. The van der Waals surface area contributed by atoms with E-state index in [1.54, 1.807) is 0 Å². The summed E-state index contributed by atoms with van der Waals surface area (Å²) in [6.45, 7) is 5.56. The topological polar surface area (TPSA) is 71.5 Å². The second-order valence-corrected chi connectivity index (χ2v) is 7.74. The van der Waals surface area contributed by atoms with Gasteiger partial charge in [-0.3, -0.25) is 14.5 Å². The highest BCUT2D eigenvalue weighted by Gasteiger charge is 2.31. The minimum Gasteiger partial charge on any atom is -0.357 e. The predicted molar refractivity (Wildman–Crippen MR) is 108 cm³/mol. The molecule has 0 aromatic rings. The second kappa shape index (κ2) is 11.4. The molecule has 11 heteroatoms. The van der Waals surface area contributed by atoms with E-state index in [0.717, 1.165) is 33.0 Å². The Morgan fingerprint density at radius 2 is 1.63 bits per heavy atom. The number of carbonyl (C=O) groups excluding carboxylic acids is 2. The molecule has 0 saturated carbocycles. The zero-order chi connectivity index (χ0) is 22.1. The summed E-state index contributed by atoms with van der Waals surface area (Å²) in [4.78, 5) is 35.3. The first-order valence-electron chi connectivity index (χ1n) is 10.5. The fourth-order valence-electron chi connectivity index (χ4n) is 3.60. The molecule has 2 fully saturated rings. The molecule has 2 aliphatic heterocycles. The maximum absolute atomic E-state index is 12.4. The van der Waals surface area contributed by atoms with Crippen LogP contribution in [-0.4, -0.2) is 116 Å². The number of alkyl halides is 3. The van der Waals surface area contributed by atoms with E-state index in [2.05, 4.69) is 15.2 Å². The molecule has 0 spiro atoms. The number of likely N-dealkylation sites (N-methyl/N-ethyl adjacent to an activating group) is 1. The van der Waals surface area contributed by atoms with Gasteiger partial charge in [0.15, 0.2) is 5.96 Å². The zero-order valence-corrected chi connectivity index (χ0v) is 17.9. The highest BCUT2D eigenvalue weighted by Crippen LogP contribution is 2.15. The molecule has 172 valence electrons. The Balaban J connectivity index is 1.83. The second-order valence-electron chi connectivity index (χ2n) is 7.74. The van der Waals surface area contributed by atoms with Gasteiger partial charge in [0.25, 0.3) is 0 Å². The molecule has 0 unspecified atom stereocenters. The van der Waals surface area contributed by atoms with Gasteiger partial charge < -0.3 is 20.0 Å². The Kier molecular flexibility index (Phi) is 9.19. The molecule has 0 aromatic heterocycles. The van der Waals surface area contributed by atoms with Crippen LogP contribution in [0.2, 0.25) is 0 Å². The van der Waals surface area contributed by atoms with Crippen LogP contribution in [0.3, 0.4) is 0 Å². The van der Waals surface area contributed by atoms with Crippen LogP contribution in [-0.2, 0) is 9.59 Å². The largest absolute Gasteiger partial charge is 0.406 e. The maximum Gasteiger partial charge on any atom is 0.406 e. The lowest BCUT2D eigenvalue weighted by Gasteiger charge is -2.37. The normalized spacial score (nSPS) is 19.0. The van der Waals surface area contributed by atoms with Crippen molar-refractivity contribution in [2.24, 2.45) is 4.99 Å². The van der Waals surface area contributed by atoms with Gasteiger partial charge in [-0.2, -0.15) is 13.2 Å². The maximum atomic E-state index is 12.4. The molecule has 2 heterocycles. The van der Waals surface area contributed by atoms with Crippen molar-refractivity contribution in [2.45, 2.75) is 32.4 Å². The lowest BCUT2D eigenvalue weighted by atomic mass is 10.1. The average molecular weight is 435 g/mol. The molecule has 2 amide bonds. The number of piperazine rings is 1. The van der Waals surface area contributed by atoms with Crippen LogP contribution in [0.1, 0.15) is 26.2 Å². The van der Waals surface area contributed by atoms with E-state index >= 15 is 0 Å². The Morgan fingerprint density at radius 1 is 1.00 bits per heavy atom. The predicted octanol–water partition coefficient (Wildman–Crippen LogP) is 0.603. The molecule has 0 bridgehead atoms. The van der Waals surface area contributed by atoms with Crippen molar-refractivity contribution in [3.05, 3.63) is 0 Å². The minimum atomic E-state index is -4.43. The van der Waals surface area contributed by atoms with Crippen LogP contribution >= 0.6 is 0 Å². The highest BCUT2D eigenvalue weighted by molar-refractivity contribution is 5.85. The number of nitrogens with one attached hydrogen (secondary N) is 1. The van der Waals surface area contributed by atoms with Crippen LogP contribution in [0.5, 0.6) is 0 Å². The van der Waals surface area contributed by atoms with Gasteiger partial charge >= 0.3 is 6.18 Å². The molecule has 0 radical (unpaired) electrons. The quantitative estimate of drug-likeness (QED) is 0.490. The summed E-state index contributed by atoms with van der Waals surface area (Å²) < 4.78 is 37.3. The third-order valence-corrected chi connectivity index (χ3v) is 5.28. The number of nitrogens with zero attached hydrogens (tertiary/aromatic N) is 5. The molecule has 30 heavy (non-hydrogen) atoms. The lowest BCUT2D eigenvalue weighted by Crippen LogP contribution is -2.54. The summed E-state index contributed by atoms with van der Waals surface area (Å²) in [5.41, 5.74) is 0. The zero-order valence-electron chi connectivity index (χ0n) is 17.9. The van der Waals surface area contributed by atoms with Crippen molar-refractivity contribution < 1.29 is 22.8 Å². The van der Waals surface area contributed by atoms with Crippen molar-refractivity contribution >= 4 is 17.8 Å². The Bertz CT molecular complexity index is 600. The lowest BCUT2D eigenvalue weighted by molar-refractivity contribution is -0.157. The molecule has 0 aliphatic carbocycles. The first kappa shape index (κ1) is 24.2. The van der Waals surface area contributed by atoms with Crippen molar-refractivity contribution in [3.8, 4) is 0 Å². The Labute approximate surface area is 176 Å². The van der Waals surface area contributed by atoms with Gasteiger partial charge in [0.2, 0.25) is 11.8 Å². The van der Waals surface area contributed by atoms with Crippen LogP contribution in [0.25, 0.3) is 0 Å². The standard InChI is InChI=1S/C19H33F3N6O2/c1-3-23-18(24-13-16(29)25(2)15-19(20,21)22)28-11-9-26(10-12-28)14-17(30)27-7-5-4-6-8-27/h3-15H2,1-2H3,(H,23,24). The van der Waals surface area contributed by atoms with Crippen molar-refractivity contribution in [2.75, 3.05) is 72.5 Å². The number of amides is 2. The van der Waals surface area contributed by atoms with Gasteiger partial charge in [-0.15, -0.1) is 0 Å².